The van der Waals surface area contributed by atoms with Gasteiger partial charge in [-0.2, -0.15) is 4.99 Å². The number of aliphatic imine (C=N–C) groups is 1. The van der Waals surface area contributed by atoms with Crippen molar-refractivity contribution in [3.63, 3.8) is 0 Å². The molecule has 0 N–H and O–H groups in total. The molecule has 0 aliphatic carbocycles. The second-order valence-corrected chi connectivity index (χ2v) is 7.38. The number of benzene rings is 1. The molecule has 0 atom stereocenters. The number of nitrogens with zero attached hydrogens (tertiary/aromatic N) is 4. The molecule has 1 aromatic heterocycles. The van der Waals surface area contributed by atoms with E-state index in [4.69, 9.17) is 0 Å². The van der Waals surface area contributed by atoms with Gasteiger partial charge in [0.15, 0.2) is 5.17 Å². The Bertz CT molecular complexity index is 884. The Morgan fingerprint density at radius 2 is 2.08 bits per heavy atom. The summed E-state index contributed by atoms with van der Waals surface area (Å²) in [4.78, 5) is 19.4. The number of rotatable bonds is 6. The van der Waals surface area contributed by atoms with Gasteiger partial charge in [0, 0.05) is 6.54 Å². The van der Waals surface area contributed by atoms with Gasteiger partial charge >= 0.3 is 0 Å². The van der Waals surface area contributed by atoms with Crippen molar-refractivity contribution in [2.75, 3.05) is 6.54 Å². The number of amides is 1. The number of aromatic nitrogens is 2. The first-order chi connectivity index (χ1) is 12.7. The molecule has 1 aliphatic heterocycles. The highest BCUT2D eigenvalue weighted by molar-refractivity contribution is 8.18. The minimum atomic E-state index is -0.0772. The lowest BCUT2D eigenvalue weighted by Gasteiger charge is -2.11. The van der Waals surface area contributed by atoms with Gasteiger partial charge in [0.2, 0.25) is 5.13 Å². The highest BCUT2D eigenvalue weighted by atomic mass is 32.2. The van der Waals surface area contributed by atoms with Gasteiger partial charge in [-0.15, -0.1) is 16.8 Å². The van der Waals surface area contributed by atoms with Crippen LogP contribution in [0.25, 0.3) is 6.08 Å². The third-order valence-corrected chi connectivity index (χ3v) is 5.47. The van der Waals surface area contributed by atoms with E-state index in [1.807, 2.05) is 55.5 Å². The summed E-state index contributed by atoms with van der Waals surface area (Å²) in [6.45, 7) is 6.16. The van der Waals surface area contributed by atoms with E-state index in [2.05, 4.69) is 21.8 Å². The molecule has 0 saturated carbocycles. The molecule has 2 heterocycles. The third-order valence-electron chi connectivity index (χ3n) is 3.49. The van der Waals surface area contributed by atoms with Crippen LogP contribution in [0.3, 0.4) is 0 Å². The average molecular weight is 383 g/mol. The first kappa shape index (κ1) is 18.3. The first-order valence-electron chi connectivity index (χ1n) is 8.16. The summed E-state index contributed by atoms with van der Waals surface area (Å²) in [7, 11) is 0. The molecule has 0 spiro atoms. The number of aryl methyl sites for hydroxylation is 1. The van der Waals surface area contributed by atoms with Gasteiger partial charge in [0.25, 0.3) is 5.91 Å². The minimum Gasteiger partial charge on any atom is -0.282 e. The summed E-state index contributed by atoms with van der Waals surface area (Å²) in [5.41, 5.74) is 1.08. The smallest absolute Gasteiger partial charge is 0.267 e. The van der Waals surface area contributed by atoms with E-state index < -0.39 is 0 Å². The zero-order valence-corrected chi connectivity index (χ0v) is 16.0. The minimum absolute atomic E-state index is 0.0772. The van der Waals surface area contributed by atoms with E-state index in [0.29, 0.717) is 21.7 Å². The van der Waals surface area contributed by atoms with Crippen LogP contribution in [0.4, 0.5) is 5.13 Å². The maximum absolute atomic E-state index is 12.6. The fraction of sp³-hybridized carbons (Fsp3) is 0.158. The SMILES string of the molecule is C=CCN1C(=O)/C(=C/C=C/c2ccccc2)SC1=Nc1nnc(CC)s1. The van der Waals surface area contributed by atoms with Crippen LogP contribution in [-0.2, 0) is 11.2 Å². The lowest BCUT2D eigenvalue weighted by Crippen LogP contribution is -2.29. The van der Waals surface area contributed by atoms with Crippen LogP contribution in [0, 0.1) is 0 Å². The maximum Gasteiger partial charge on any atom is 0.267 e. The third kappa shape index (κ3) is 4.36. The Morgan fingerprint density at radius 3 is 2.77 bits per heavy atom. The topological polar surface area (TPSA) is 58.5 Å². The molecule has 3 rings (SSSR count). The van der Waals surface area contributed by atoms with Crippen molar-refractivity contribution >= 4 is 45.4 Å². The zero-order chi connectivity index (χ0) is 18.4. The summed E-state index contributed by atoms with van der Waals surface area (Å²) in [6, 6.07) is 9.95. The zero-order valence-electron chi connectivity index (χ0n) is 14.3. The quantitative estimate of drug-likeness (QED) is 0.547. The van der Waals surface area contributed by atoms with Gasteiger partial charge < -0.3 is 0 Å². The van der Waals surface area contributed by atoms with Gasteiger partial charge in [0.05, 0.1) is 4.91 Å². The summed E-state index contributed by atoms with van der Waals surface area (Å²) in [6.07, 6.45) is 8.17. The fourth-order valence-electron chi connectivity index (χ4n) is 2.22. The van der Waals surface area contributed by atoms with Crippen LogP contribution in [0.15, 0.2) is 65.0 Å². The van der Waals surface area contributed by atoms with Gasteiger partial charge in [-0.05, 0) is 29.8 Å². The van der Waals surface area contributed by atoms with Crippen LogP contribution in [-0.4, -0.2) is 32.7 Å². The second kappa shape index (κ2) is 8.73. The van der Waals surface area contributed by atoms with E-state index >= 15 is 0 Å². The van der Waals surface area contributed by atoms with E-state index in [0.717, 1.165) is 17.0 Å². The van der Waals surface area contributed by atoms with E-state index in [9.17, 15) is 4.79 Å². The predicted octanol–water partition coefficient (Wildman–Crippen LogP) is 4.45. The molecule has 1 saturated heterocycles. The Morgan fingerprint density at radius 1 is 1.27 bits per heavy atom. The van der Waals surface area contributed by atoms with Crippen molar-refractivity contribution in [3.05, 3.63) is 70.6 Å². The lowest BCUT2D eigenvalue weighted by molar-refractivity contribution is -0.121. The summed E-state index contributed by atoms with van der Waals surface area (Å²) in [5.74, 6) is -0.0772. The van der Waals surface area contributed by atoms with Crippen molar-refractivity contribution in [3.8, 4) is 0 Å². The van der Waals surface area contributed by atoms with Crippen molar-refractivity contribution in [1.82, 2.24) is 15.1 Å². The highest BCUT2D eigenvalue weighted by Gasteiger charge is 2.32. The number of amidine groups is 1. The molecule has 1 amide bonds. The standard InChI is InChI=1S/C19H18N4OS2/c1-3-13-23-17(24)15(12-8-11-14-9-6-5-7-10-14)25-19(23)20-18-22-21-16(4-2)26-18/h3,5-12H,1,4,13H2,2H3/b11-8+,15-12-,20-19?. The first-order valence-corrected chi connectivity index (χ1v) is 9.79. The second-order valence-electron chi connectivity index (χ2n) is 5.33. The van der Waals surface area contributed by atoms with E-state index in [1.165, 1.54) is 23.1 Å². The highest BCUT2D eigenvalue weighted by Crippen LogP contribution is 2.33. The summed E-state index contributed by atoms with van der Waals surface area (Å²) < 4.78 is 0. The van der Waals surface area contributed by atoms with Gasteiger partial charge in [-0.3, -0.25) is 9.69 Å². The Hall–Kier alpha value is -2.51. The average Bonchev–Trinajstić information content (AvgIpc) is 3.23. The van der Waals surface area contributed by atoms with Gasteiger partial charge in [-0.1, -0.05) is 66.8 Å². The largest absolute Gasteiger partial charge is 0.282 e. The molecule has 26 heavy (non-hydrogen) atoms. The van der Waals surface area contributed by atoms with E-state index in [-0.39, 0.29) is 5.91 Å². The molecule has 132 valence electrons. The number of thioether (sulfide) groups is 1. The maximum atomic E-state index is 12.6. The van der Waals surface area contributed by atoms with Crippen LogP contribution >= 0.6 is 23.1 Å². The number of carbonyl (C=O) groups is 1. The molecule has 0 radical (unpaired) electrons. The Balaban J connectivity index is 1.82. The van der Waals surface area contributed by atoms with Crippen LogP contribution < -0.4 is 0 Å². The normalized spacial score (nSPS) is 17.7. The van der Waals surface area contributed by atoms with Crippen LogP contribution in [0.1, 0.15) is 17.5 Å². The summed E-state index contributed by atoms with van der Waals surface area (Å²) in [5, 5.41) is 10.2. The molecule has 7 heteroatoms. The van der Waals surface area contributed by atoms with Crippen molar-refractivity contribution in [1.29, 1.82) is 0 Å². The molecule has 0 unspecified atom stereocenters. The Labute approximate surface area is 160 Å². The number of carbonyl (C=O) groups excluding carboxylic acids is 1. The molecular formula is C19H18N4OS2. The molecule has 5 nitrogen and oxygen atoms in total. The monoisotopic (exact) mass is 382 g/mol. The molecule has 2 aromatic rings. The molecule has 1 aliphatic rings. The lowest BCUT2D eigenvalue weighted by atomic mass is 10.2. The Kier molecular flexibility index (Phi) is 6.14. The summed E-state index contributed by atoms with van der Waals surface area (Å²) >= 11 is 2.78. The predicted molar refractivity (Wildman–Crippen MR) is 109 cm³/mol. The van der Waals surface area contributed by atoms with Crippen LogP contribution in [0.5, 0.6) is 0 Å². The molecular weight excluding hydrogens is 364 g/mol. The van der Waals surface area contributed by atoms with Gasteiger partial charge in [0.1, 0.15) is 5.01 Å². The van der Waals surface area contributed by atoms with Crippen molar-refractivity contribution in [2.45, 2.75) is 13.3 Å². The van der Waals surface area contributed by atoms with Crippen molar-refractivity contribution in [2.24, 2.45) is 4.99 Å². The molecule has 0 bridgehead atoms. The number of hydrogen-bond acceptors (Lipinski definition) is 6. The molecule has 1 fully saturated rings. The fourth-order valence-corrected chi connectivity index (χ4v) is 3.87. The van der Waals surface area contributed by atoms with Crippen LogP contribution in [0.2, 0.25) is 0 Å². The van der Waals surface area contributed by atoms with E-state index in [1.54, 1.807) is 11.0 Å². The van der Waals surface area contributed by atoms with Crippen molar-refractivity contribution < 1.29 is 4.79 Å². The van der Waals surface area contributed by atoms with Gasteiger partial charge in [-0.25, -0.2) is 0 Å². The number of hydrogen-bond donors (Lipinski definition) is 0. The number of allylic oxidation sites excluding steroid dienone is 2. The molecule has 1 aromatic carbocycles.